The first kappa shape index (κ1) is 20.5. The predicted molar refractivity (Wildman–Crippen MR) is 99.1 cm³/mol. The first-order valence-electron chi connectivity index (χ1n) is 8.18. The number of carbonyl (C=O) groups is 2. The Morgan fingerprint density at radius 1 is 1.22 bits per heavy atom. The molecule has 0 aromatic heterocycles. The van der Waals surface area contributed by atoms with Crippen LogP contribution in [0.25, 0.3) is 0 Å². The number of benzene rings is 2. The van der Waals surface area contributed by atoms with Gasteiger partial charge >= 0.3 is 5.97 Å². The van der Waals surface area contributed by atoms with E-state index < -0.39 is 24.3 Å². The van der Waals surface area contributed by atoms with Crippen LogP contribution >= 0.6 is 11.6 Å². The Hall–Kier alpha value is -2.80. The van der Waals surface area contributed by atoms with Crippen molar-refractivity contribution in [2.24, 2.45) is 0 Å². The monoisotopic (exact) mass is 395 g/mol. The number of esters is 1. The molecular formula is C19H19ClFNO5. The predicted octanol–water partition coefficient (Wildman–Crippen LogP) is 4.07. The lowest BCUT2D eigenvalue weighted by Crippen LogP contribution is -2.21. The molecule has 0 radical (unpaired) electrons. The molecule has 144 valence electrons. The number of carbonyl (C=O) groups excluding carboxylic acids is 2. The van der Waals surface area contributed by atoms with Crippen molar-refractivity contribution in [3.8, 4) is 11.5 Å². The van der Waals surface area contributed by atoms with E-state index in [1.807, 2.05) is 6.92 Å². The first-order chi connectivity index (χ1) is 13.0. The van der Waals surface area contributed by atoms with Gasteiger partial charge in [0.2, 0.25) is 0 Å². The minimum atomic E-state index is -0.777. The van der Waals surface area contributed by atoms with Gasteiger partial charge < -0.3 is 19.5 Å². The zero-order valence-electron chi connectivity index (χ0n) is 14.9. The fourth-order valence-corrected chi connectivity index (χ4v) is 2.41. The summed E-state index contributed by atoms with van der Waals surface area (Å²) < 4.78 is 29.2. The molecule has 0 bridgehead atoms. The van der Waals surface area contributed by atoms with Crippen molar-refractivity contribution in [3.63, 3.8) is 0 Å². The zero-order chi connectivity index (χ0) is 19.8. The van der Waals surface area contributed by atoms with E-state index >= 15 is 0 Å². The lowest BCUT2D eigenvalue weighted by molar-refractivity contribution is -0.119. The number of halogens is 2. The Morgan fingerprint density at radius 2 is 1.96 bits per heavy atom. The minimum absolute atomic E-state index is 0.000637. The summed E-state index contributed by atoms with van der Waals surface area (Å²) in [5.41, 5.74) is 0.0973. The quantitative estimate of drug-likeness (QED) is 0.682. The number of anilines is 1. The molecule has 0 aliphatic carbocycles. The molecule has 0 unspecified atom stereocenters. The molecule has 1 N–H and O–H groups in total. The summed E-state index contributed by atoms with van der Waals surface area (Å²) in [6.45, 7) is 1.80. The highest BCUT2D eigenvalue weighted by Crippen LogP contribution is 2.36. The maximum absolute atomic E-state index is 13.5. The molecule has 0 heterocycles. The zero-order valence-corrected chi connectivity index (χ0v) is 15.6. The van der Waals surface area contributed by atoms with Crippen LogP contribution in [0.4, 0.5) is 10.1 Å². The van der Waals surface area contributed by atoms with Gasteiger partial charge in [0.05, 0.1) is 30.0 Å². The molecule has 0 saturated heterocycles. The van der Waals surface area contributed by atoms with Gasteiger partial charge in [0, 0.05) is 0 Å². The van der Waals surface area contributed by atoms with Crippen molar-refractivity contribution in [2.75, 3.05) is 25.6 Å². The van der Waals surface area contributed by atoms with Gasteiger partial charge in [-0.2, -0.15) is 0 Å². The van der Waals surface area contributed by atoms with Gasteiger partial charge in [-0.25, -0.2) is 9.18 Å². The smallest absolute Gasteiger partial charge is 0.338 e. The van der Waals surface area contributed by atoms with Crippen molar-refractivity contribution in [1.82, 2.24) is 0 Å². The summed E-state index contributed by atoms with van der Waals surface area (Å²) in [6, 6.07) is 8.45. The molecule has 0 spiro atoms. The van der Waals surface area contributed by atoms with Crippen LogP contribution in [-0.4, -0.2) is 32.2 Å². The molecule has 2 aromatic carbocycles. The van der Waals surface area contributed by atoms with Crippen LogP contribution in [0.1, 0.15) is 23.7 Å². The fraction of sp³-hybridized carbons (Fsp3) is 0.263. The van der Waals surface area contributed by atoms with E-state index in [2.05, 4.69) is 5.32 Å². The highest BCUT2D eigenvalue weighted by molar-refractivity contribution is 6.32. The Kier molecular flexibility index (Phi) is 7.43. The topological polar surface area (TPSA) is 73.9 Å². The summed E-state index contributed by atoms with van der Waals surface area (Å²) in [7, 11) is 1.42. The lowest BCUT2D eigenvalue weighted by Gasteiger charge is -2.13. The SMILES string of the molecule is CCCOc1c(Cl)cc(C(=O)OCC(=O)Nc2ccccc2F)cc1OC. The lowest BCUT2D eigenvalue weighted by atomic mass is 10.2. The van der Waals surface area contributed by atoms with Crippen LogP contribution in [-0.2, 0) is 9.53 Å². The van der Waals surface area contributed by atoms with Crippen LogP contribution in [0.2, 0.25) is 5.02 Å². The summed E-state index contributed by atoms with van der Waals surface area (Å²) in [5, 5.41) is 2.51. The third-order valence-electron chi connectivity index (χ3n) is 3.40. The van der Waals surface area contributed by atoms with Crippen molar-refractivity contribution < 1.29 is 28.2 Å². The number of ether oxygens (including phenoxy) is 3. The summed E-state index contributed by atoms with van der Waals surface area (Å²) in [5.74, 6) is -1.43. The number of hydrogen-bond acceptors (Lipinski definition) is 5. The van der Waals surface area contributed by atoms with Crippen LogP contribution in [0.5, 0.6) is 11.5 Å². The second-order valence-electron chi connectivity index (χ2n) is 5.44. The third-order valence-corrected chi connectivity index (χ3v) is 3.68. The Balaban J connectivity index is 2.02. The third kappa shape index (κ3) is 5.59. The van der Waals surface area contributed by atoms with Gasteiger partial charge in [-0.15, -0.1) is 0 Å². The van der Waals surface area contributed by atoms with E-state index in [4.69, 9.17) is 25.8 Å². The summed E-state index contributed by atoms with van der Waals surface area (Å²) in [4.78, 5) is 24.0. The molecule has 2 rings (SSSR count). The fourth-order valence-electron chi connectivity index (χ4n) is 2.15. The number of amides is 1. The van der Waals surface area contributed by atoms with Crippen molar-refractivity contribution in [1.29, 1.82) is 0 Å². The molecule has 0 atom stereocenters. The molecule has 0 aliphatic rings. The number of hydrogen-bond donors (Lipinski definition) is 1. The average Bonchev–Trinajstić information content (AvgIpc) is 2.66. The maximum Gasteiger partial charge on any atom is 0.338 e. The molecule has 1 amide bonds. The molecule has 8 heteroatoms. The Labute approximate surface area is 161 Å². The van der Waals surface area contributed by atoms with Crippen molar-refractivity contribution in [3.05, 3.63) is 52.8 Å². The van der Waals surface area contributed by atoms with E-state index in [0.717, 1.165) is 6.42 Å². The minimum Gasteiger partial charge on any atom is -0.493 e. The largest absolute Gasteiger partial charge is 0.493 e. The molecule has 0 aliphatic heterocycles. The van der Waals surface area contributed by atoms with Gasteiger partial charge in [-0.05, 0) is 30.7 Å². The van der Waals surface area contributed by atoms with Crippen LogP contribution in [0, 0.1) is 5.82 Å². The second kappa shape index (κ2) is 9.78. The average molecular weight is 396 g/mol. The summed E-state index contributed by atoms with van der Waals surface area (Å²) >= 11 is 6.15. The normalized spacial score (nSPS) is 10.2. The molecular weight excluding hydrogens is 377 g/mol. The van der Waals surface area contributed by atoms with E-state index in [1.165, 1.54) is 37.4 Å². The van der Waals surface area contributed by atoms with E-state index in [-0.39, 0.29) is 22.0 Å². The Bertz CT molecular complexity index is 828. The second-order valence-corrected chi connectivity index (χ2v) is 5.85. The van der Waals surface area contributed by atoms with Crippen LogP contribution < -0.4 is 14.8 Å². The molecule has 27 heavy (non-hydrogen) atoms. The van der Waals surface area contributed by atoms with E-state index in [9.17, 15) is 14.0 Å². The van der Waals surface area contributed by atoms with Crippen LogP contribution in [0.3, 0.4) is 0 Å². The van der Waals surface area contributed by atoms with E-state index in [1.54, 1.807) is 6.07 Å². The van der Waals surface area contributed by atoms with Gasteiger partial charge in [-0.3, -0.25) is 4.79 Å². The highest BCUT2D eigenvalue weighted by atomic mass is 35.5. The number of methoxy groups -OCH3 is 1. The van der Waals surface area contributed by atoms with Gasteiger partial charge in [0.1, 0.15) is 5.82 Å². The number of para-hydroxylation sites is 1. The van der Waals surface area contributed by atoms with Crippen molar-refractivity contribution in [2.45, 2.75) is 13.3 Å². The van der Waals surface area contributed by atoms with Gasteiger partial charge in [-0.1, -0.05) is 30.7 Å². The van der Waals surface area contributed by atoms with E-state index in [0.29, 0.717) is 12.4 Å². The standard InChI is InChI=1S/C19H19ClFNO5/c1-3-8-26-18-13(20)9-12(10-16(18)25-2)19(24)27-11-17(23)22-15-7-5-4-6-14(15)21/h4-7,9-10H,3,8,11H2,1-2H3,(H,22,23). The van der Waals surface area contributed by atoms with Crippen molar-refractivity contribution >= 4 is 29.2 Å². The molecule has 6 nitrogen and oxygen atoms in total. The maximum atomic E-state index is 13.5. The molecule has 0 fully saturated rings. The molecule has 0 saturated carbocycles. The number of nitrogens with one attached hydrogen (secondary N) is 1. The molecule has 2 aromatic rings. The Morgan fingerprint density at radius 3 is 2.63 bits per heavy atom. The first-order valence-corrected chi connectivity index (χ1v) is 8.55. The highest BCUT2D eigenvalue weighted by Gasteiger charge is 2.18. The van der Waals surface area contributed by atoms with Crippen LogP contribution in [0.15, 0.2) is 36.4 Å². The van der Waals surface area contributed by atoms with Gasteiger partial charge in [0.15, 0.2) is 18.1 Å². The summed E-state index contributed by atoms with van der Waals surface area (Å²) in [6.07, 6.45) is 0.778. The van der Waals surface area contributed by atoms with Gasteiger partial charge in [0.25, 0.3) is 5.91 Å². The number of rotatable bonds is 8.